The van der Waals surface area contributed by atoms with Crippen LogP contribution in [0.15, 0.2) is 24.3 Å². The van der Waals surface area contributed by atoms with E-state index in [2.05, 4.69) is 11.8 Å². The van der Waals surface area contributed by atoms with Crippen LogP contribution < -0.4 is 5.73 Å². The molecule has 2 unspecified atom stereocenters. The molecule has 0 spiro atoms. The third kappa shape index (κ3) is 3.33. The van der Waals surface area contributed by atoms with E-state index in [1.54, 1.807) is 6.07 Å². The number of nitrogens with two attached hydrogens (primary N) is 1. The van der Waals surface area contributed by atoms with Crippen molar-refractivity contribution in [3.05, 3.63) is 35.4 Å². The van der Waals surface area contributed by atoms with Crippen molar-refractivity contribution in [1.29, 1.82) is 0 Å². The molecule has 1 aromatic carbocycles. The summed E-state index contributed by atoms with van der Waals surface area (Å²) in [4.78, 5) is 2.10. The van der Waals surface area contributed by atoms with Gasteiger partial charge in [0.25, 0.3) is 0 Å². The van der Waals surface area contributed by atoms with Crippen LogP contribution in [0.5, 0.6) is 0 Å². The van der Waals surface area contributed by atoms with Crippen LogP contribution in [-0.4, -0.2) is 24.5 Å². The average molecular weight is 286 g/mol. The molecule has 1 aliphatic rings. The van der Waals surface area contributed by atoms with Gasteiger partial charge in [-0.1, -0.05) is 12.1 Å². The Morgan fingerprint density at radius 1 is 1.35 bits per heavy atom. The summed E-state index contributed by atoms with van der Waals surface area (Å²) in [5.41, 5.74) is 5.83. The average Bonchev–Trinajstić information content (AvgIpc) is 3.22. The van der Waals surface area contributed by atoms with Crippen molar-refractivity contribution in [3.8, 4) is 0 Å². The minimum Gasteiger partial charge on any atom is -0.329 e. The maximum atomic E-state index is 12.8. The molecule has 0 bridgehead atoms. The Morgan fingerprint density at radius 2 is 2.00 bits per heavy atom. The number of rotatable bonds is 5. The minimum absolute atomic E-state index is 0.173. The molecule has 1 saturated carbocycles. The van der Waals surface area contributed by atoms with Crippen molar-refractivity contribution in [1.82, 2.24) is 4.90 Å². The van der Waals surface area contributed by atoms with Crippen molar-refractivity contribution in [3.63, 3.8) is 0 Å². The number of benzene rings is 1. The molecule has 0 amide bonds. The summed E-state index contributed by atoms with van der Waals surface area (Å²) in [6, 6.07) is 5.67. The topological polar surface area (TPSA) is 29.3 Å². The highest BCUT2D eigenvalue weighted by Gasteiger charge is 2.34. The molecule has 0 heterocycles. The van der Waals surface area contributed by atoms with Crippen LogP contribution in [0.2, 0.25) is 0 Å². The zero-order valence-corrected chi connectivity index (χ0v) is 11.8. The van der Waals surface area contributed by atoms with Gasteiger partial charge in [0.05, 0.1) is 5.56 Å². The van der Waals surface area contributed by atoms with E-state index in [0.717, 1.165) is 6.07 Å². The first kappa shape index (κ1) is 15.3. The highest BCUT2D eigenvalue weighted by molar-refractivity contribution is 5.28. The molecular weight excluding hydrogens is 265 g/mol. The van der Waals surface area contributed by atoms with Crippen molar-refractivity contribution in [2.75, 3.05) is 13.6 Å². The number of halogens is 3. The molecule has 0 radical (unpaired) electrons. The quantitative estimate of drug-likeness (QED) is 0.898. The van der Waals surface area contributed by atoms with Crippen LogP contribution in [0, 0.1) is 5.92 Å². The first-order chi connectivity index (χ1) is 9.34. The highest BCUT2D eigenvalue weighted by atomic mass is 19.4. The molecule has 2 atom stereocenters. The Labute approximate surface area is 117 Å². The van der Waals surface area contributed by atoms with Gasteiger partial charge in [0, 0.05) is 18.6 Å². The van der Waals surface area contributed by atoms with E-state index >= 15 is 0 Å². The van der Waals surface area contributed by atoms with Gasteiger partial charge in [-0.2, -0.15) is 13.2 Å². The molecule has 0 saturated heterocycles. The predicted octanol–water partition coefficient (Wildman–Crippen LogP) is 3.44. The molecule has 1 aromatic rings. The number of alkyl halides is 3. The summed E-state index contributed by atoms with van der Waals surface area (Å²) in [5, 5.41) is 0. The van der Waals surface area contributed by atoms with E-state index in [1.165, 1.54) is 25.0 Å². The van der Waals surface area contributed by atoms with Gasteiger partial charge in [-0.25, -0.2) is 0 Å². The summed E-state index contributed by atoms with van der Waals surface area (Å²) in [6.07, 6.45) is -1.91. The fraction of sp³-hybridized carbons (Fsp3) is 0.600. The molecule has 1 aliphatic carbocycles. The summed E-state index contributed by atoms with van der Waals surface area (Å²) in [5.74, 6) is 0.653. The number of likely N-dealkylation sites (N-methyl/N-ethyl adjacent to an activating group) is 1. The monoisotopic (exact) mass is 286 g/mol. The van der Waals surface area contributed by atoms with Crippen molar-refractivity contribution in [2.45, 2.75) is 38.0 Å². The third-order valence-corrected chi connectivity index (χ3v) is 4.26. The van der Waals surface area contributed by atoms with E-state index < -0.39 is 11.7 Å². The summed E-state index contributed by atoms with van der Waals surface area (Å²) in [6.45, 7) is 2.43. The molecule has 20 heavy (non-hydrogen) atoms. The molecule has 2 rings (SSSR count). The normalized spacial score (nSPS) is 19.1. The fourth-order valence-electron chi connectivity index (χ4n) is 2.65. The molecule has 0 aromatic heterocycles. The number of hydrogen-bond donors (Lipinski definition) is 1. The Hall–Kier alpha value is -1.07. The van der Waals surface area contributed by atoms with Crippen molar-refractivity contribution >= 4 is 0 Å². The first-order valence-electron chi connectivity index (χ1n) is 6.93. The molecule has 2 nitrogen and oxygen atoms in total. The number of hydrogen-bond acceptors (Lipinski definition) is 2. The number of nitrogens with zero attached hydrogens (tertiary/aromatic N) is 1. The van der Waals surface area contributed by atoms with Gasteiger partial charge >= 0.3 is 6.18 Å². The maximum absolute atomic E-state index is 12.8. The van der Waals surface area contributed by atoms with Crippen LogP contribution in [-0.2, 0) is 6.18 Å². The van der Waals surface area contributed by atoms with Crippen molar-refractivity contribution in [2.24, 2.45) is 11.7 Å². The summed E-state index contributed by atoms with van der Waals surface area (Å²) >= 11 is 0. The molecule has 5 heteroatoms. The highest BCUT2D eigenvalue weighted by Crippen LogP contribution is 2.38. The lowest BCUT2D eigenvalue weighted by Crippen LogP contribution is -2.38. The van der Waals surface area contributed by atoms with E-state index in [4.69, 9.17) is 5.73 Å². The van der Waals surface area contributed by atoms with Crippen LogP contribution in [0.3, 0.4) is 0 Å². The van der Waals surface area contributed by atoms with Gasteiger partial charge in [-0.05, 0) is 50.4 Å². The van der Waals surface area contributed by atoms with Crippen LogP contribution in [0.4, 0.5) is 13.2 Å². The zero-order chi connectivity index (χ0) is 14.9. The van der Waals surface area contributed by atoms with E-state index in [1.807, 2.05) is 7.05 Å². The second-order valence-corrected chi connectivity index (χ2v) is 5.62. The molecule has 1 fully saturated rings. The Kier molecular flexibility index (Phi) is 4.39. The smallest absolute Gasteiger partial charge is 0.329 e. The fourth-order valence-corrected chi connectivity index (χ4v) is 2.65. The lowest BCUT2D eigenvalue weighted by Gasteiger charge is -2.33. The maximum Gasteiger partial charge on any atom is 0.416 e. The summed E-state index contributed by atoms with van der Waals surface area (Å²) in [7, 11) is 1.95. The Bertz CT molecular complexity index is 455. The Balaban J connectivity index is 2.22. The lowest BCUT2D eigenvalue weighted by atomic mass is 10.0. The van der Waals surface area contributed by atoms with Gasteiger partial charge in [-0.3, -0.25) is 4.90 Å². The van der Waals surface area contributed by atoms with Crippen LogP contribution in [0.25, 0.3) is 0 Å². The standard InChI is InChI=1S/C15H21F3N2/c1-10(11-6-7-11)20(2)14(9-19)12-4-3-5-13(8-12)15(16,17)18/h3-5,8,10-11,14H,6-7,9,19H2,1-2H3. The first-order valence-corrected chi connectivity index (χ1v) is 6.93. The molecule has 2 N–H and O–H groups in total. The second kappa shape index (κ2) is 5.74. The van der Waals surface area contributed by atoms with Gasteiger partial charge in [0.15, 0.2) is 0 Å². The van der Waals surface area contributed by atoms with E-state index in [0.29, 0.717) is 24.1 Å². The SMILES string of the molecule is CC(C1CC1)N(C)C(CN)c1cccc(C(F)(F)F)c1. The van der Waals surface area contributed by atoms with Crippen molar-refractivity contribution < 1.29 is 13.2 Å². The Morgan fingerprint density at radius 3 is 2.50 bits per heavy atom. The van der Waals surface area contributed by atoms with Gasteiger partial charge in [-0.15, -0.1) is 0 Å². The zero-order valence-electron chi connectivity index (χ0n) is 11.8. The largest absolute Gasteiger partial charge is 0.416 e. The summed E-state index contributed by atoms with van der Waals surface area (Å²) < 4.78 is 38.4. The third-order valence-electron chi connectivity index (χ3n) is 4.26. The van der Waals surface area contributed by atoms with Crippen LogP contribution >= 0.6 is 0 Å². The minimum atomic E-state index is -4.31. The second-order valence-electron chi connectivity index (χ2n) is 5.62. The lowest BCUT2D eigenvalue weighted by molar-refractivity contribution is -0.137. The van der Waals surface area contributed by atoms with E-state index in [9.17, 15) is 13.2 Å². The van der Waals surface area contributed by atoms with Gasteiger partial charge in [0.1, 0.15) is 0 Å². The van der Waals surface area contributed by atoms with Crippen LogP contribution in [0.1, 0.15) is 36.9 Å². The van der Waals surface area contributed by atoms with Gasteiger partial charge < -0.3 is 5.73 Å². The molecule has 112 valence electrons. The predicted molar refractivity (Wildman–Crippen MR) is 73.2 cm³/mol. The molecule has 0 aliphatic heterocycles. The van der Waals surface area contributed by atoms with Gasteiger partial charge in [0.2, 0.25) is 0 Å². The van der Waals surface area contributed by atoms with E-state index in [-0.39, 0.29) is 6.04 Å². The molecular formula is C15H21F3N2.